The van der Waals surface area contributed by atoms with Crippen LogP contribution in [0.1, 0.15) is 13.3 Å². The van der Waals surface area contributed by atoms with Crippen LogP contribution in [-0.2, 0) is 0 Å². The first-order valence-electron chi connectivity index (χ1n) is 6.35. The lowest BCUT2D eigenvalue weighted by molar-refractivity contribution is 0.319. The Balaban J connectivity index is 2.27. The Labute approximate surface area is 122 Å². The first-order valence-corrected chi connectivity index (χ1v) is 6.73. The summed E-state index contributed by atoms with van der Waals surface area (Å²) in [5.41, 5.74) is 7.32. The van der Waals surface area contributed by atoms with Gasteiger partial charge < -0.3 is 15.8 Å². The number of rotatable bonds is 5. The zero-order valence-electron chi connectivity index (χ0n) is 11.1. The van der Waals surface area contributed by atoms with Crippen molar-refractivity contribution >= 4 is 28.7 Å². The smallest absolute Gasteiger partial charge is 0.146 e. The van der Waals surface area contributed by atoms with Crippen LogP contribution in [-0.4, -0.2) is 6.61 Å². The van der Waals surface area contributed by atoms with Crippen LogP contribution in [0.15, 0.2) is 36.4 Å². The molecular formula is C15H16ClFN2O. The molecule has 2 aromatic carbocycles. The normalized spacial score (nSPS) is 10.3. The molecule has 0 aliphatic carbocycles. The van der Waals surface area contributed by atoms with Crippen molar-refractivity contribution in [2.75, 3.05) is 17.7 Å². The predicted octanol–water partition coefficient (Wildman–Crippen LogP) is 4.59. The summed E-state index contributed by atoms with van der Waals surface area (Å²) in [5.74, 6) is 0.188. The summed E-state index contributed by atoms with van der Waals surface area (Å²) in [6.45, 7) is 2.60. The van der Waals surface area contributed by atoms with Gasteiger partial charge in [-0.25, -0.2) is 4.39 Å². The highest BCUT2D eigenvalue weighted by Crippen LogP contribution is 2.33. The van der Waals surface area contributed by atoms with Gasteiger partial charge in [-0.15, -0.1) is 0 Å². The second kappa shape index (κ2) is 6.48. The van der Waals surface area contributed by atoms with Crippen molar-refractivity contribution in [2.24, 2.45) is 0 Å². The van der Waals surface area contributed by atoms with Gasteiger partial charge in [0.05, 0.1) is 23.7 Å². The van der Waals surface area contributed by atoms with E-state index in [1.807, 2.05) is 6.92 Å². The number of halogens is 2. The minimum atomic E-state index is -0.395. The van der Waals surface area contributed by atoms with Crippen molar-refractivity contribution in [1.29, 1.82) is 0 Å². The molecule has 0 fully saturated rings. The van der Waals surface area contributed by atoms with E-state index in [-0.39, 0.29) is 5.69 Å². The average Bonchev–Trinajstić information content (AvgIpc) is 2.44. The summed E-state index contributed by atoms with van der Waals surface area (Å²) < 4.78 is 19.2. The van der Waals surface area contributed by atoms with Crippen molar-refractivity contribution < 1.29 is 9.13 Å². The van der Waals surface area contributed by atoms with Gasteiger partial charge in [-0.3, -0.25) is 0 Å². The van der Waals surface area contributed by atoms with Gasteiger partial charge in [-0.2, -0.15) is 0 Å². The van der Waals surface area contributed by atoms with E-state index in [0.29, 0.717) is 28.8 Å². The van der Waals surface area contributed by atoms with Gasteiger partial charge in [-0.1, -0.05) is 24.6 Å². The van der Waals surface area contributed by atoms with E-state index in [1.54, 1.807) is 18.2 Å². The standard InChI is InChI=1S/C15H16ClFN2O/c1-2-8-20-14-5-3-4-12(15(14)18)19-13-9-10(16)6-7-11(13)17/h3-7,9,19H,2,8,18H2,1H3. The number of nitrogen functional groups attached to an aromatic ring is 1. The molecule has 0 spiro atoms. The fourth-order valence-electron chi connectivity index (χ4n) is 1.73. The second-order valence-electron chi connectivity index (χ2n) is 4.32. The minimum Gasteiger partial charge on any atom is -0.491 e. The number of para-hydroxylation sites is 1. The Morgan fingerprint density at radius 2 is 2.05 bits per heavy atom. The predicted molar refractivity (Wildman–Crippen MR) is 81.3 cm³/mol. The van der Waals surface area contributed by atoms with Crippen molar-refractivity contribution in [2.45, 2.75) is 13.3 Å². The van der Waals surface area contributed by atoms with Crippen LogP contribution in [0.2, 0.25) is 5.02 Å². The lowest BCUT2D eigenvalue weighted by Gasteiger charge is -2.14. The first-order chi connectivity index (χ1) is 9.61. The van der Waals surface area contributed by atoms with E-state index in [0.717, 1.165) is 6.42 Å². The minimum absolute atomic E-state index is 0.275. The third-order valence-corrected chi connectivity index (χ3v) is 2.96. The Bertz CT molecular complexity index is 604. The molecule has 0 bridgehead atoms. The van der Waals surface area contributed by atoms with Crippen molar-refractivity contribution in [3.05, 3.63) is 47.2 Å². The van der Waals surface area contributed by atoms with Crippen LogP contribution in [0.3, 0.4) is 0 Å². The summed E-state index contributed by atoms with van der Waals surface area (Å²) >= 11 is 5.86. The third kappa shape index (κ3) is 3.33. The van der Waals surface area contributed by atoms with Crippen LogP contribution < -0.4 is 15.8 Å². The van der Waals surface area contributed by atoms with E-state index >= 15 is 0 Å². The van der Waals surface area contributed by atoms with E-state index in [9.17, 15) is 4.39 Å². The van der Waals surface area contributed by atoms with Crippen LogP contribution >= 0.6 is 11.6 Å². The molecule has 0 atom stereocenters. The summed E-state index contributed by atoms with van der Waals surface area (Å²) in [7, 11) is 0. The summed E-state index contributed by atoms with van der Waals surface area (Å²) in [6.07, 6.45) is 0.889. The van der Waals surface area contributed by atoms with Gasteiger partial charge in [0.15, 0.2) is 0 Å². The molecule has 0 heterocycles. The maximum Gasteiger partial charge on any atom is 0.146 e. The summed E-state index contributed by atoms with van der Waals surface area (Å²) in [6, 6.07) is 9.64. The molecular weight excluding hydrogens is 279 g/mol. The molecule has 0 aromatic heterocycles. The number of hydrogen-bond acceptors (Lipinski definition) is 3. The molecule has 0 saturated carbocycles. The molecule has 0 unspecified atom stereocenters. The largest absolute Gasteiger partial charge is 0.491 e. The van der Waals surface area contributed by atoms with Gasteiger partial charge >= 0.3 is 0 Å². The quantitative estimate of drug-likeness (QED) is 0.793. The van der Waals surface area contributed by atoms with Crippen LogP contribution in [0.5, 0.6) is 5.75 Å². The van der Waals surface area contributed by atoms with E-state index in [2.05, 4.69) is 5.32 Å². The Hall–Kier alpha value is -1.94. The molecule has 20 heavy (non-hydrogen) atoms. The van der Waals surface area contributed by atoms with Crippen LogP contribution in [0.4, 0.5) is 21.5 Å². The van der Waals surface area contributed by atoms with Gasteiger partial charge in [-0.05, 0) is 36.8 Å². The van der Waals surface area contributed by atoms with Crippen molar-refractivity contribution in [3.63, 3.8) is 0 Å². The molecule has 2 rings (SSSR count). The molecule has 0 aliphatic heterocycles. The highest BCUT2D eigenvalue weighted by Gasteiger charge is 2.09. The highest BCUT2D eigenvalue weighted by atomic mass is 35.5. The fraction of sp³-hybridized carbons (Fsp3) is 0.200. The van der Waals surface area contributed by atoms with Gasteiger partial charge in [0, 0.05) is 5.02 Å². The summed E-state index contributed by atoms with van der Waals surface area (Å²) in [4.78, 5) is 0. The van der Waals surface area contributed by atoms with Crippen molar-refractivity contribution in [1.82, 2.24) is 0 Å². The Morgan fingerprint density at radius 3 is 2.80 bits per heavy atom. The number of nitrogens with one attached hydrogen (secondary N) is 1. The number of ether oxygens (including phenoxy) is 1. The zero-order chi connectivity index (χ0) is 14.5. The molecule has 0 saturated heterocycles. The lowest BCUT2D eigenvalue weighted by Crippen LogP contribution is -2.03. The number of nitrogens with two attached hydrogens (primary N) is 1. The first kappa shape index (κ1) is 14.5. The van der Waals surface area contributed by atoms with Crippen LogP contribution in [0, 0.1) is 5.82 Å². The summed E-state index contributed by atoms with van der Waals surface area (Å²) in [5, 5.41) is 3.38. The molecule has 3 N–H and O–H groups in total. The molecule has 5 heteroatoms. The topological polar surface area (TPSA) is 47.3 Å². The van der Waals surface area contributed by atoms with E-state index < -0.39 is 5.82 Å². The third-order valence-electron chi connectivity index (χ3n) is 2.73. The maximum absolute atomic E-state index is 13.7. The van der Waals surface area contributed by atoms with Gasteiger partial charge in [0.25, 0.3) is 0 Å². The lowest BCUT2D eigenvalue weighted by atomic mass is 10.2. The average molecular weight is 295 g/mol. The van der Waals surface area contributed by atoms with E-state index in [1.165, 1.54) is 18.2 Å². The Morgan fingerprint density at radius 1 is 1.25 bits per heavy atom. The molecule has 0 radical (unpaired) electrons. The second-order valence-corrected chi connectivity index (χ2v) is 4.75. The monoisotopic (exact) mass is 294 g/mol. The molecule has 0 aliphatic rings. The molecule has 0 amide bonds. The number of hydrogen-bond donors (Lipinski definition) is 2. The SMILES string of the molecule is CCCOc1cccc(Nc2cc(Cl)ccc2F)c1N. The number of benzene rings is 2. The molecule has 106 valence electrons. The van der Waals surface area contributed by atoms with Gasteiger partial charge in [0.1, 0.15) is 11.6 Å². The van der Waals surface area contributed by atoms with E-state index in [4.69, 9.17) is 22.1 Å². The molecule has 2 aromatic rings. The van der Waals surface area contributed by atoms with Crippen molar-refractivity contribution in [3.8, 4) is 5.75 Å². The molecule has 3 nitrogen and oxygen atoms in total. The number of anilines is 3. The van der Waals surface area contributed by atoms with Gasteiger partial charge in [0.2, 0.25) is 0 Å². The maximum atomic E-state index is 13.7. The Kier molecular flexibility index (Phi) is 4.69. The van der Waals surface area contributed by atoms with Crippen LogP contribution in [0.25, 0.3) is 0 Å². The fourth-order valence-corrected chi connectivity index (χ4v) is 1.90. The highest BCUT2D eigenvalue weighted by molar-refractivity contribution is 6.30. The zero-order valence-corrected chi connectivity index (χ0v) is 11.9.